The summed E-state index contributed by atoms with van der Waals surface area (Å²) in [5.41, 5.74) is 10.2. The van der Waals surface area contributed by atoms with E-state index in [9.17, 15) is 9.59 Å². The Hall–Kier alpha value is -1.99. The van der Waals surface area contributed by atoms with Crippen molar-refractivity contribution in [2.75, 3.05) is 13.1 Å². The summed E-state index contributed by atoms with van der Waals surface area (Å²) >= 11 is 0. The van der Waals surface area contributed by atoms with E-state index in [0.29, 0.717) is 19.5 Å². The summed E-state index contributed by atoms with van der Waals surface area (Å²) in [5, 5.41) is 13.7. The molecule has 0 bridgehead atoms. The van der Waals surface area contributed by atoms with Crippen molar-refractivity contribution in [1.29, 1.82) is 0 Å². The van der Waals surface area contributed by atoms with Gasteiger partial charge >= 0.3 is 12.0 Å². The molecule has 0 aromatic carbocycles. The van der Waals surface area contributed by atoms with Gasteiger partial charge in [-0.3, -0.25) is 4.99 Å². The van der Waals surface area contributed by atoms with Gasteiger partial charge in [0.05, 0.1) is 0 Å². The molecular formula is C9H19N5O3. The first-order valence-corrected chi connectivity index (χ1v) is 5.30. The molecule has 98 valence electrons. The Morgan fingerprint density at radius 2 is 2.06 bits per heavy atom. The lowest BCUT2D eigenvalue weighted by Gasteiger charge is -2.14. The minimum absolute atomic E-state index is 0.0337. The highest BCUT2D eigenvalue weighted by molar-refractivity contribution is 5.82. The predicted octanol–water partition coefficient (Wildman–Crippen LogP) is -1.19. The molecule has 0 aliphatic heterocycles. The maximum absolute atomic E-state index is 11.1. The van der Waals surface area contributed by atoms with Crippen molar-refractivity contribution in [3.05, 3.63) is 0 Å². The van der Waals surface area contributed by atoms with Gasteiger partial charge in [-0.25, -0.2) is 9.59 Å². The van der Waals surface area contributed by atoms with E-state index in [-0.39, 0.29) is 12.4 Å². The molecule has 8 heteroatoms. The number of carboxylic acids is 1. The first-order chi connectivity index (χ1) is 7.97. The van der Waals surface area contributed by atoms with Gasteiger partial charge in [0.1, 0.15) is 6.04 Å². The highest BCUT2D eigenvalue weighted by Crippen LogP contribution is 1.98. The van der Waals surface area contributed by atoms with Crippen LogP contribution in [0.25, 0.3) is 0 Å². The van der Waals surface area contributed by atoms with Gasteiger partial charge in [-0.15, -0.1) is 0 Å². The number of urea groups is 1. The maximum atomic E-state index is 11.1. The Bertz CT molecular complexity index is 288. The number of nitrogens with one attached hydrogen (secondary N) is 2. The van der Waals surface area contributed by atoms with Gasteiger partial charge in [0.25, 0.3) is 0 Å². The van der Waals surface area contributed by atoms with Crippen LogP contribution in [0.1, 0.15) is 19.8 Å². The van der Waals surface area contributed by atoms with Crippen molar-refractivity contribution in [2.45, 2.75) is 25.8 Å². The maximum Gasteiger partial charge on any atom is 0.326 e. The lowest BCUT2D eigenvalue weighted by molar-refractivity contribution is -0.139. The van der Waals surface area contributed by atoms with Gasteiger partial charge in [-0.05, 0) is 19.8 Å². The SMILES string of the molecule is CCNC(=O)N[C@@H](CCCN=C(N)N)C(=O)O. The van der Waals surface area contributed by atoms with Gasteiger partial charge in [0.15, 0.2) is 5.96 Å². The van der Waals surface area contributed by atoms with E-state index >= 15 is 0 Å². The van der Waals surface area contributed by atoms with Gasteiger partial charge in [0.2, 0.25) is 0 Å². The van der Waals surface area contributed by atoms with E-state index in [2.05, 4.69) is 15.6 Å². The van der Waals surface area contributed by atoms with E-state index in [1.807, 2.05) is 0 Å². The summed E-state index contributed by atoms with van der Waals surface area (Å²) in [5.74, 6) is -1.12. The minimum Gasteiger partial charge on any atom is -0.480 e. The van der Waals surface area contributed by atoms with Crippen LogP contribution in [0.2, 0.25) is 0 Å². The Morgan fingerprint density at radius 3 is 2.53 bits per heavy atom. The first kappa shape index (κ1) is 15.0. The highest BCUT2D eigenvalue weighted by atomic mass is 16.4. The van der Waals surface area contributed by atoms with E-state index in [1.54, 1.807) is 6.92 Å². The summed E-state index contributed by atoms with van der Waals surface area (Å²) < 4.78 is 0. The van der Waals surface area contributed by atoms with E-state index in [4.69, 9.17) is 16.6 Å². The topological polar surface area (TPSA) is 143 Å². The van der Waals surface area contributed by atoms with Crippen molar-refractivity contribution in [3.8, 4) is 0 Å². The van der Waals surface area contributed by atoms with E-state index in [0.717, 1.165) is 0 Å². The standard InChI is InChI=1S/C9H19N5O3/c1-2-12-9(17)14-6(7(15)16)4-3-5-13-8(10)11/h6H,2-5H2,1H3,(H,15,16)(H4,10,11,13)(H2,12,14,17)/t6-/m0/s1. The van der Waals surface area contributed by atoms with Gasteiger partial charge in [0, 0.05) is 13.1 Å². The van der Waals surface area contributed by atoms with Crippen molar-refractivity contribution >= 4 is 18.0 Å². The number of nitrogens with two attached hydrogens (primary N) is 2. The first-order valence-electron chi connectivity index (χ1n) is 5.30. The molecule has 0 saturated carbocycles. The summed E-state index contributed by atoms with van der Waals surface area (Å²) in [6, 6.07) is -1.43. The Labute approximate surface area is 99.5 Å². The number of aliphatic imine (C=N–C) groups is 1. The molecule has 8 nitrogen and oxygen atoms in total. The van der Waals surface area contributed by atoms with Gasteiger partial charge < -0.3 is 27.2 Å². The molecule has 0 unspecified atom stereocenters. The van der Waals surface area contributed by atoms with Crippen molar-refractivity contribution < 1.29 is 14.7 Å². The molecule has 1 atom stereocenters. The fourth-order valence-electron chi connectivity index (χ4n) is 1.13. The van der Waals surface area contributed by atoms with Crippen LogP contribution < -0.4 is 22.1 Å². The van der Waals surface area contributed by atoms with Crippen LogP contribution in [0.3, 0.4) is 0 Å². The summed E-state index contributed by atoms with van der Waals surface area (Å²) in [4.78, 5) is 25.7. The summed E-state index contributed by atoms with van der Waals surface area (Å²) in [6.07, 6.45) is 0.741. The second kappa shape index (κ2) is 8.20. The van der Waals surface area contributed by atoms with Crippen LogP contribution in [-0.4, -0.2) is 42.2 Å². The molecule has 2 amide bonds. The Balaban J connectivity index is 4.03. The number of amides is 2. The van der Waals surface area contributed by atoms with Crippen LogP contribution in [-0.2, 0) is 4.79 Å². The smallest absolute Gasteiger partial charge is 0.326 e. The number of nitrogens with zero attached hydrogens (tertiary/aromatic N) is 1. The number of hydrogen-bond donors (Lipinski definition) is 5. The van der Waals surface area contributed by atoms with Crippen LogP contribution in [0.5, 0.6) is 0 Å². The number of aliphatic carboxylic acids is 1. The quantitative estimate of drug-likeness (QED) is 0.218. The van der Waals surface area contributed by atoms with E-state index in [1.165, 1.54) is 0 Å². The Morgan fingerprint density at radius 1 is 1.41 bits per heavy atom. The minimum atomic E-state index is -1.08. The molecule has 0 aromatic heterocycles. The van der Waals surface area contributed by atoms with Crippen LogP contribution in [0.4, 0.5) is 4.79 Å². The highest BCUT2D eigenvalue weighted by Gasteiger charge is 2.18. The molecule has 7 N–H and O–H groups in total. The molecule has 0 aliphatic rings. The number of carbonyl (C=O) groups is 2. The number of carboxylic acid groups (broad SMARTS) is 1. The zero-order valence-electron chi connectivity index (χ0n) is 9.77. The predicted molar refractivity (Wildman–Crippen MR) is 63.5 cm³/mol. The normalized spacial score (nSPS) is 11.4. The van der Waals surface area contributed by atoms with Gasteiger partial charge in [-0.1, -0.05) is 0 Å². The van der Waals surface area contributed by atoms with Gasteiger partial charge in [-0.2, -0.15) is 0 Å². The lowest BCUT2D eigenvalue weighted by atomic mass is 10.1. The fraction of sp³-hybridized carbons (Fsp3) is 0.667. The third-order valence-electron chi connectivity index (χ3n) is 1.89. The number of rotatable bonds is 7. The third kappa shape index (κ3) is 7.88. The average molecular weight is 245 g/mol. The summed E-state index contributed by atoms with van der Waals surface area (Å²) in [7, 11) is 0. The number of guanidine groups is 1. The second-order valence-electron chi connectivity index (χ2n) is 3.34. The monoisotopic (exact) mass is 245 g/mol. The van der Waals surface area contributed by atoms with Crippen molar-refractivity contribution in [1.82, 2.24) is 10.6 Å². The molecule has 0 radical (unpaired) electrons. The molecule has 0 saturated heterocycles. The van der Waals surface area contributed by atoms with Crippen LogP contribution in [0, 0.1) is 0 Å². The zero-order valence-corrected chi connectivity index (χ0v) is 9.77. The molecule has 0 aromatic rings. The van der Waals surface area contributed by atoms with Crippen molar-refractivity contribution in [3.63, 3.8) is 0 Å². The molecule has 0 rings (SSSR count). The number of hydrogen-bond acceptors (Lipinski definition) is 3. The average Bonchev–Trinajstić information content (AvgIpc) is 2.22. The van der Waals surface area contributed by atoms with Crippen molar-refractivity contribution in [2.24, 2.45) is 16.5 Å². The molecule has 0 spiro atoms. The Kier molecular flexibility index (Phi) is 7.24. The van der Waals surface area contributed by atoms with E-state index < -0.39 is 18.0 Å². The molecule has 0 fully saturated rings. The molecule has 17 heavy (non-hydrogen) atoms. The summed E-state index contributed by atoms with van der Waals surface area (Å²) in [6.45, 7) is 2.52. The third-order valence-corrected chi connectivity index (χ3v) is 1.89. The molecule has 0 heterocycles. The van der Waals surface area contributed by atoms with Crippen LogP contribution >= 0.6 is 0 Å². The fourth-order valence-corrected chi connectivity index (χ4v) is 1.13. The largest absolute Gasteiger partial charge is 0.480 e. The molecular weight excluding hydrogens is 226 g/mol. The van der Waals surface area contributed by atoms with Crippen LogP contribution in [0.15, 0.2) is 4.99 Å². The lowest BCUT2D eigenvalue weighted by Crippen LogP contribution is -2.46. The zero-order chi connectivity index (χ0) is 13.3. The second-order valence-corrected chi connectivity index (χ2v) is 3.34. The molecule has 0 aliphatic carbocycles. The number of carbonyl (C=O) groups excluding carboxylic acids is 1.